The van der Waals surface area contributed by atoms with Crippen LogP contribution in [0.1, 0.15) is 18.5 Å². The molecular formula is C16H18F2N2O4S. The maximum Gasteiger partial charge on any atom is 0.387 e. The third-order valence-corrected chi connectivity index (χ3v) is 4.29. The zero-order valence-corrected chi connectivity index (χ0v) is 14.9. The molecule has 1 unspecified atom stereocenters. The molecule has 1 aliphatic heterocycles. The molecule has 0 bridgehead atoms. The van der Waals surface area contributed by atoms with Crippen LogP contribution in [-0.4, -0.2) is 43.9 Å². The molecule has 0 aromatic heterocycles. The summed E-state index contributed by atoms with van der Waals surface area (Å²) in [6.07, 6.45) is 0. The molecule has 0 saturated heterocycles. The monoisotopic (exact) mass is 372 g/mol. The van der Waals surface area contributed by atoms with E-state index in [-0.39, 0.29) is 11.5 Å². The van der Waals surface area contributed by atoms with Crippen molar-refractivity contribution in [1.29, 1.82) is 0 Å². The predicted molar refractivity (Wildman–Crippen MR) is 90.6 cm³/mol. The Hall–Kier alpha value is -2.42. The number of nitrogens with one attached hydrogen (secondary N) is 1. The molecule has 1 aromatic rings. The van der Waals surface area contributed by atoms with Crippen LogP contribution in [0.15, 0.2) is 29.5 Å². The van der Waals surface area contributed by atoms with E-state index in [1.807, 2.05) is 0 Å². The van der Waals surface area contributed by atoms with Gasteiger partial charge in [0.25, 0.3) is 0 Å². The van der Waals surface area contributed by atoms with Crippen molar-refractivity contribution in [1.82, 2.24) is 10.2 Å². The van der Waals surface area contributed by atoms with Gasteiger partial charge < -0.3 is 24.4 Å². The van der Waals surface area contributed by atoms with Crippen LogP contribution in [0.2, 0.25) is 0 Å². The van der Waals surface area contributed by atoms with Gasteiger partial charge in [0.2, 0.25) is 0 Å². The van der Waals surface area contributed by atoms with Crippen molar-refractivity contribution in [2.24, 2.45) is 0 Å². The lowest BCUT2D eigenvalue weighted by atomic mass is 9.95. The van der Waals surface area contributed by atoms with Crippen LogP contribution < -0.4 is 14.8 Å². The summed E-state index contributed by atoms with van der Waals surface area (Å²) in [6.45, 7) is -1.22. The SMILES string of the molecule is COC(=O)C1=C(C)N(C)C(=S)NC1c1ccc(OC(F)F)c(OC)c1. The highest BCUT2D eigenvalue weighted by atomic mass is 32.1. The predicted octanol–water partition coefficient (Wildman–Crippen LogP) is 2.60. The Kier molecular flexibility index (Phi) is 5.78. The van der Waals surface area contributed by atoms with Gasteiger partial charge in [-0.3, -0.25) is 0 Å². The van der Waals surface area contributed by atoms with Crippen molar-refractivity contribution in [2.75, 3.05) is 21.3 Å². The summed E-state index contributed by atoms with van der Waals surface area (Å²) >= 11 is 5.28. The topological polar surface area (TPSA) is 60.0 Å². The lowest BCUT2D eigenvalue weighted by molar-refractivity contribution is -0.136. The molecule has 0 fully saturated rings. The Morgan fingerprint density at radius 2 is 2.00 bits per heavy atom. The number of benzene rings is 1. The number of methoxy groups -OCH3 is 2. The minimum Gasteiger partial charge on any atom is -0.493 e. The fourth-order valence-corrected chi connectivity index (χ4v) is 2.77. The van der Waals surface area contributed by atoms with Gasteiger partial charge in [0.1, 0.15) is 0 Å². The second-order valence-electron chi connectivity index (χ2n) is 5.22. The van der Waals surface area contributed by atoms with Crippen molar-refractivity contribution in [3.8, 4) is 11.5 Å². The summed E-state index contributed by atoms with van der Waals surface area (Å²) in [5.74, 6) is -0.500. The molecule has 9 heteroatoms. The first-order valence-corrected chi connectivity index (χ1v) is 7.67. The maximum absolute atomic E-state index is 12.5. The lowest BCUT2D eigenvalue weighted by Crippen LogP contribution is -2.46. The van der Waals surface area contributed by atoms with Gasteiger partial charge in [-0.25, -0.2) is 4.79 Å². The number of ether oxygens (including phenoxy) is 3. The molecule has 2 rings (SSSR count). The largest absolute Gasteiger partial charge is 0.493 e. The highest BCUT2D eigenvalue weighted by molar-refractivity contribution is 7.80. The summed E-state index contributed by atoms with van der Waals surface area (Å²) in [4.78, 5) is 13.9. The van der Waals surface area contributed by atoms with Gasteiger partial charge in [-0.15, -0.1) is 0 Å². The van der Waals surface area contributed by atoms with Gasteiger partial charge >= 0.3 is 12.6 Å². The van der Waals surface area contributed by atoms with E-state index >= 15 is 0 Å². The second-order valence-corrected chi connectivity index (χ2v) is 5.61. The van der Waals surface area contributed by atoms with Crippen LogP contribution in [0.25, 0.3) is 0 Å². The number of hydrogen-bond donors (Lipinski definition) is 1. The number of halogens is 2. The Labute approximate surface area is 149 Å². The minimum atomic E-state index is -2.97. The van der Waals surface area contributed by atoms with Gasteiger partial charge in [-0.05, 0) is 36.8 Å². The summed E-state index contributed by atoms with van der Waals surface area (Å²) in [6, 6.07) is 3.82. The number of carbonyl (C=O) groups is 1. The molecule has 1 heterocycles. The molecule has 1 atom stereocenters. The van der Waals surface area contributed by atoms with E-state index in [1.54, 1.807) is 24.9 Å². The average Bonchev–Trinajstić information content (AvgIpc) is 2.58. The number of carbonyl (C=O) groups excluding carboxylic acids is 1. The van der Waals surface area contributed by atoms with Crippen LogP contribution in [0.3, 0.4) is 0 Å². The molecule has 0 saturated carbocycles. The van der Waals surface area contributed by atoms with E-state index < -0.39 is 18.6 Å². The fourth-order valence-electron chi connectivity index (χ4n) is 2.52. The second kappa shape index (κ2) is 7.64. The molecule has 1 aliphatic rings. The number of rotatable bonds is 5. The number of allylic oxidation sites excluding steroid dienone is 1. The number of esters is 1. The average molecular weight is 372 g/mol. The third-order valence-electron chi connectivity index (χ3n) is 3.90. The van der Waals surface area contributed by atoms with E-state index in [0.29, 0.717) is 21.9 Å². The zero-order valence-electron chi connectivity index (χ0n) is 14.1. The maximum atomic E-state index is 12.5. The molecule has 1 aromatic carbocycles. The summed E-state index contributed by atoms with van der Waals surface area (Å²) in [7, 11) is 4.35. The first-order valence-electron chi connectivity index (χ1n) is 7.26. The number of nitrogens with zero attached hydrogens (tertiary/aromatic N) is 1. The molecule has 136 valence electrons. The van der Waals surface area contributed by atoms with Gasteiger partial charge in [-0.1, -0.05) is 6.07 Å². The first kappa shape index (κ1) is 18.9. The van der Waals surface area contributed by atoms with E-state index in [2.05, 4.69) is 10.1 Å². The van der Waals surface area contributed by atoms with E-state index in [1.165, 1.54) is 26.4 Å². The fraction of sp³-hybridized carbons (Fsp3) is 0.375. The van der Waals surface area contributed by atoms with E-state index in [4.69, 9.17) is 21.7 Å². The Balaban J connectivity index is 2.51. The Morgan fingerprint density at radius 3 is 2.56 bits per heavy atom. The highest BCUT2D eigenvalue weighted by Crippen LogP contribution is 2.36. The molecule has 6 nitrogen and oxygen atoms in total. The third kappa shape index (κ3) is 3.81. The number of alkyl halides is 2. The van der Waals surface area contributed by atoms with Crippen LogP contribution in [0.5, 0.6) is 11.5 Å². The molecule has 0 aliphatic carbocycles. The Morgan fingerprint density at radius 1 is 1.32 bits per heavy atom. The first-order chi connectivity index (χ1) is 11.8. The standard InChI is InChI=1S/C16H18F2N2O4S/c1-8-12(14(21)23-4)13(19-16(25)20(8)2)9-5-6-10(24-15(17)18)11(7-9)22-3/h5-7,13,15H,1-4H3,(H,19,25). The van der Waals surface area contributed by atoms with Crippen molar-refractivity contribution >= 4 is 23.3 Å². The molecule has 1 N–H and O–H groups in total. The zero-order chi connectivity index (χ0) is 18.7. The van der Waals surface area contributed by atoms with Crippen LogP contribution >= 0.6 is 12.2 Å². The number of thiocarbonyl (C=S) groups is 1. The van der Waals surface area contributed by atoms with Gasteiger partial charge in [0.15, 0.2) is 16.6 Å². The normalized spacial score (nSPS) is 17.5. The smallest absolute Gasteiger partial charge is 0.387 e. The van der Waals surface area contributed by atoms with Crippen molar-refractivity contribution in [2.45, 2.75) is 19.6 Å². The van der Waals surface area contributed by atoms with Crippen molar-refractivity contribution in [3.05, 3.63) is 35.0 Å². The minimum absolute atomic E-state index is 0.0999. The summed E-state index contributed by atoms with van der Waals surface area (Å²) in [5.41, 5.74) is 1.59. The molecule has 25 heavy (non-hydrogen) atoms. The van der Waals surface area contributed by atoms with Crippen LogP contribution in [0.4, 0.5) is 8.78 Å². The van der Waals surface area contributed by atoms with Crippen molar-refractivity contribution in [3.63, 3.8) is 0 Å². The summed E-state index contributed by atoms with van der Waals surface area (Å²) < 4.78 is 39.3. The number of hydrogen-bond acceptors (Lipinski definition) is 5. The molecule has 0 amide bonds. The highest BCUT2D eigenvalue weighted by Gasteiger charge is 2.33. The lowest BCUT2D eigenvalue weighted by Gasteiger charge is -2.35. The summed E-state index contributed by atoms with van der Waals surface area (Å²) in [5, 5.41) is 3.46. The Bertz CT molecular complexity index is 724. The molecular weight excluding hydrogens is 354 g/mol. The quantitative estimate of drug-likeness (QED) is 0.630. The van der Waals surface area contributed by atoms with E-state index in [0.717, 1.165) is 0 Å². The van der Waals surface area contributed by atoms with Gasteiger partial charge in [-0.2, -0.15) is 8.78 Å². The van der Waals surface area contributed by atoms with Crippen LogP contribution in [0, 0.1) is 0 Å². The van der Waals surface area contributed by atoms with Gasteiger partial charge in [0, 0.05) is 12.7 Å². The molecule has 0 radical (unpaired) electrons. The van der Waals surface area contributed by atoms with E-state index in [9.17, 15) is 13.6 Å². The van der Waals surface area contributed by atoms with Crippen LogP contribution in [-0.2, 0) is 9.53 Å². The molecule has 0 spiro atoms. The van der Waals surface area contributed by atoms with Gasteiger partial charge in [0.05, 0.1) is 25.8 Å². The van der Waals surface area contributed by atoms with Crippen molar-refractivity contribution < 1.29 is 27.8 Å².